The number of carboxylic acids is 1. The van der Waals surface area contributed by atoms with E-state index in [1.54, 1.807) is 23.2 Å². The summed E-state index contributed by atoms with van der Waals surface area (Å²) >= 11 is 6.81. The Morgan fingerprint density at radius 2 is 1.74 bits per heavy atom. The Hall–Kier alpha value is -2.72. The number of nitrogens with zero attached hydrogens (tertiary/aromatic N) is 4. The summed E-state index contributed by atoms with van der Waals surface area (Å²) in [5, 5.41) is 8.69. The highest BCUT2D eigenvalue weighted by Crippen LogP contribution is 2.34. The summed E-state index contributed by atoms with van der Waals surface area (Å²) in [5.74, 6) is 0.427. The molecular weight excluding hydrogens is 532 g/mol. The first-order valence-corrected chi connectivity index (χ1v) is 15.3. The van der Waals surface area contributed by atoms with Crippen LogP contribution in [0.25, 0.3) is 11.7 Å². The van der Waals surface area contributed by atoms with Gasteiger partial charge < -0.3 is 10.0 Å². The molecule has 210 valence electrons. The quantitative estimate of drug-likeness (QED) is 0.185. The third-order valence-corrected chi connectivity index (χ3v) is 8.88. The average molecular weight is 571 g/mol. The minimum absolute atomic E-state index is 0.140. The minimum Gasteiger partial charge on any atom is -0.481 e. The lowest BCUT2D eigenvalue weighted by molar-refractivity contribution is -0.137. The number of hydrogen-bond donors (Lipinski definition) is 1. The van der Waals surface area contributed by atoms with Crippen LogP contribution in [-0.4, -0.2) is 55.2 Å². The van der Waals surface area contributed by atoms with Crippen molar-refractivity contribution in [3.05, 3.63) is 45.2 Å². The van der Waals surface area contributed by atoms with Gasteiger partial charge in [-0.1, -0.05) is 75.5 Å². The molecule has 0 unspecified atom stereocenters. The molecule has 1 N–H and O–H groups in total. The number of aliphatic carboxylic acids is 1. The smallest absolute Gasteiger partial charge is 0.303 e. The fraction of sp³-hybridized carbons (Fsp3) is 0.552. The van der Waals surface area contributed by atoms with E-state index >= 15 is 0 Å². The second kappa shape index (κ2) is 14.1. The van der Waals surface area contributed by atoms with Crippen LogP contribution in [0.1, 0.15) is 83.1 Å². The molecule has 0 atom stereocenters. The van der Waals surface area contributed by atoms with Crippen molar-refractivity contribution in [2.45, 2.75) is 77.6 Å². The fourth-order valence-electron chi connectivity index (χ4n) is 5.11. The first-order chi connectivity index (χ1) is 18.8. The van der Waals surface area contributed by atoms with Gasteiger partial charge in [-0.2, -0.15) is 0 Å². The zero-order chi connectivity index (χ0) is 27.8. The van der Waals surface area contributed by atoms with Gasteiger partial charge in [-0.15, -0.1) is 0 Å². The predicted octanol–water partition coefficient (Wildman–Crippen LogP) is 5.73. The van der Waals surface area contributed by atoms with E-state index in [1.165, 1.54) is 16.2 Å². The second-order valence-electron chi connectivity index (χ2n) is 10.6. The van der Waals surface area contributed by atoms with Gasteiger partial charge in [0.25, 0.3) is 11.5 Å². The molecule has 2 aliphatic rings. The number of carbonyl (C=O) groups excluding carboxylic acids is 1. The zero-order valence-corrected chi connectivity index (χ0v) is 24.3. The number of thioether (sulfide) groups is 1. The molecule has 39 heavy (non-hydrogen) atoms. The topological polar surface area (TPSA) is 95.2 Å². The molecule has 0 radical (unpaired) electrons. The Balaban J connectivity index is 1.38. The van der Waals surface area contributed by atoms with E-state index in [4.69, 9.17) is 22.3 Å². The van der Waals surface area contributed by atoms with E-state index in [2.05, 4.69) is 11.8 Å². The molecule has 2 aliphatic heterocycles. The number of fused-ring (bicyclic) bond motifs is 1. The Labute approximate surface area is 239 Å². The number of amides is 1. The van der Waals surface area contributed by atoms with Crippen LogP contribution in [0.3, 0.4) is 0 Å². The highest BCUT2D eigenvalue weighted by Gasteiger charge is 2.32. The average Bonchev–Trinajstić information content (AvgIpc) is 3.18. The van der Waals surface area contributed by atoms with Gasteiger partial charge in [-0.3, -0.25) is 23.7 Å². The molecule has 0 saturated carbocycles. The van der Waals surface area contributed by atoms with Crippen LogP contribution in [0, 0.1) is 5.92 Å². The summed E-state index contributed by atoms with van der Waals surface area (Å²) in [4.78, 5) is 46.6. The summed E-state index contributed by atoms with van der Waals surface area (Å²) in [6, 6.07) is 5.51. The van der Waals surface area contributed by atoms with Crippen molar-refractivity contribution in [1.82, 2.24) is 14.3 Å². The number of thiocarbonyl (C=S) groups is 1. The first kappa shape index (κ1) is 29.3. The van der Waals surface area contributed by atoms with Gasteiger partial charge in [0, 0.05) is 32.3 Å². The van der Waals surface area contributed by atoms with Crippen LogP contribution in [0.4, 0.5) is 5.82 Å². The van der Waals surface area contributed by atoms with Gasteiger partial charge in [-0.25, -0.2) is 4.98 Å². The lowest BCUT2D eigenvalue weighted by Gasteiger charge is -2.32. The van der Waals surface area contributed by atoms with Crippen molar-refractivity contribution >= 4 is 57.7 Å². The van der Waals surface area contributed by atoms with Crippen LogP contribution in [-0.2, 0) is 9.59 Å². The molecule has 2 aromatic heterocycles. The van der Waals surface area contributed by atoms with Crippen molar-refractivity contribution in [1.29, 1.82) is 0 Å². The fourth-order valence-corrected chi connectivity index (χ4v) is 6.40. The summed E-state index contributed by atoms with van der Waals surface area (Å²) in [7, 11) is 0. The SMILES string of the molecule is CC1CCN(c2nc3ccccn3c(=O)c2/C=C2/SC(=S)N(CCCCCCCCCCC(=O)O)C2=O)CC1. The highest BCUT2D eigenvalue weighted by molar-refractivity contribution is 8.26. The van der Waals surface area contributed by atoms with Gasteiger partial charge in [0.15, 0.2) is 0 Å². The van der Waals surface area contributed by atoms with Crippen molar-refractivity contribution in [2.75, 3.05) is 24.5 Å². The van der Waals surface area contributed by atoms with Crippen molar-refractivity contribution in [2.24, 2.45) is 5.92 Å². The van der Waals surface area contributed by atoms with Gasteiger partial charge in [-0.05, 0) is 49.8 Å². The van der Waals surface area contributed by atoms with Crippen molar-refractivity contribution in [3.8, 4) is 0 Å². The maximum atomic E-state index is 13.6. The third-order valence-electron chi connectivity index (χ3n) is 7.50. The van der Waals surface area contributed by atoms with Crippen LogP contribution in [0.5, 0.6) is 0 Å². The molecule has 4 rings (SSSR count). The molecule has 0 spiro atoms. The largest absolute Gasteiger partial charge is 0.481 e. The monoisotopic (exact) mass is 570 g/mol. The van der Waals surface area contributed by atoms with Crippen molar-refractivity contribution < 1.29 is 14.7 Å². The molecule has 0 aromatic carbocycles. The lowest BCUT2D eigenvalue weighted by atomic mass is 9.99. The first-order valence-electron chi connectivity index (χ1n) is 14.1. The molecule has 4 heterocycles. The van der Waals surface area contributed by atoms with Crippen LogP contribution >= 0.6 is 24.0 Å². The molecule has 2 saturated heterocycles. The predicted molar refractivity (Wildman–Crippen MR) is 161 cm³/mol. The standard InChI is InChI=1S/C29H38N4O4S2/c1-21-14-18-31(19-15-21)26-22(27(36)32-16-11-9-12-24(32)30-26)20-23-28(37)33(29(38)39-23)17-10-7-5-3-2-4-6-8-13-25(34)35/h9,11-12,16,20-21H,2-8,10,13-15,17-19H2,1H3,(H,34,35)/b23-20+. The second-order valence-corrected chi connectivity index (χ2v) is 12.2. The number of piperidine rings is 1. The van der Waals surface area contributed by atoms with Crippen molar-refractivity contribution in [3.63, 3.8) is 0 Å². The van der Waals surface area contributed by atoms with Gasteiger partial charge in [0.05, 0.1) is 10.5 Å². The molecule has 10 heteroatoms. The maximum Gasteiger partial charge on any atom is 0.303 e. The molecule has 2 aromatic rings. The molecule has 0 aliphatic carbocycles. The zero-order valence-electron chi connectivity index (χ0n) is 22.6. The van der Waals surface area contributed by atoms with E-state index in [9.17, 15) is 14.4 Å². The summed E-state index contributed by atoms with van der Waals surface area (Å²) in [6.45, 7) is 4.49. The third kappa shape index (κ3) is 7.69. The number of unbranched alkanes of at least 4 members (excludes halogenated alkanes) is 7. The summed E-state index contributed by atoms with van der Waals surface area (Å²) in [6.07, 6.45) is 13.7. The number of anilines is 1. The number of hydrogen-bond acceptors (Lipinski definition) is 7. The Morgan fingerprint density at radius 1 is 1.08 bits per heavy atom. The van der Waals surface area contributed by atoms with Crippen LogP contribution < -0.4 is 10.5 Å². The van der Waals surface area contributed by atoms with E-state index < -0.39 is 5.97 Å². The number of carboxylic acid groups (broad SMARTS) is 1. The number of aromatic nitrogens is 2. The van der Waals surface area contributed by atoms with E-state index in [0.717, 1.165) is 77.3 Å². The van der Waals surface area contributed by atoms with Crippen LogP contribution in [0.15, 0.2) is 34.1 Å². The molecule has 8 nitrogen and oxygen atoms in total. The van der Waals surface area contributed by atoms with Gasteiger partial charge in [0.1, 0.15) is 15.8 Å². The summed E-state index contributed by atoms with van der Waals surface area (Å²) in [5.41, 5.74) is 0.862. The number of carbonyl (C=O) groups is 2. The van der Waals surface area contributed by atoms with Gasteiger partial charge in [0.2, 0.25) is 0 Å². The minimum atomic E-state index is -0.723. The Kier molecular flexibility index (Phi) is 10.6. The van der Waals surface area contributed by atoms with E-state index in [1.807, 2.05) is 12.1 Å². The normalized spacial score (nSPS) is 17.6. The van der Waals surface area contributed by atoms with E-state index in [-0.39, 0.29) is 17.9 Å². The Morgan fingerprint density at radius 3 is 2.44 bits per heavy atom. The van der Waals surface area contributed by atoms with E-state index in [0.29, 0.717) is 38.7 Å². The Bertz CT molecular complexity index is 1280. The van der Waals surface area contributed by atoms with Crippen LogP contribution in [0.2, 0.25) is 0 Å². The summed E-state index contributed by atoms with van der Waals surface area (Å²) < 4.78 is 2.07. The lowest BCUT2D eigenvalue weighted by Crippen LogP contribution is -2.36. The highest BCUT2D eigenvalue weighted by atomic mass is 32.2. The molecule has 0 bridgehead atoms. The maximum absolute atomic E-state index is 13.6. The number of rotatable bonds is 13. The van der Waals surface area contributed by atoms with Gasteiger partial charge >= 0.3 is 5.97 Å². The number of pyridine rings is 1. The molecular formula is C29H38N4O4S2. The molecule has 2 fully saturated rings. The molecule has 1 amide bonds.